The molecule has 0 N–H and O–H groups in total. The second kappa shape index (κ2) is 3.34. The molecule has 2 heterocycles. The quantitative estimate of drug-likeness (QED) is 0.656. The predicted molar refractivity (Wildman–Crippen MR) is 48.2 cm³/mol. The van der Waals surface area contributed by atoms with Crippen LogP contribution in [0.1, 0.15) is 6.42 Å². The lowest BCUT2D eigenvalue weighted by atomic mass is 10.1. The van der Waals surface area contributed by atoms with Crippen molar-refractivity contribution in [1.29, 1.82) is 0 Å². The zero-order chi connectivity index (χ0) is 8.55. The largest absolute Gasteiger partial charge is 0.377 e. The Hall–Kier alpha value is -0.0900. The summed E-state index contributed by atoms with van der Waals surface area (Å²) in [4.78, 5) is 13.4. The molecule has 2 aliphatic rings. The van der Waals surface area contributed by atoms with Crippen molar-refractivity contribution < 1.29 is 9.53 Å². The monoisotopic (exact) mass is 233 g/mol. The lowest BCUT2D eigenvalue weighted by Crippen LogP contribution is -2.49. The summed E-state index contributed by atoms with van der Waals surface area (Å²) in [6.07, 6.45) is 0.710. The molecule has 0 aliphatic carbocycles. The van der Waals surface area contributed by atoms with Crippen molar-refractivity contribution in [2.45, 2.75) is 12.5 Å². The first kappa shape index (κ1) is 8.51. The standard InChI is InChI=1S/C8H12BrNO2/c9-2-6-1-8(11)10(3-6)7-4-12-5-7/h6-7H,1-5H2. The van der Waals surface area contributed by atoms with E-state index in [1.165, 1.54) is 0 Å². The molecule has 1 amide bonds. The molecule has 2 aliphatic heterocycles. The number of hydrogen-bond donors (Lipinski definition) is 0. The van der Waals surface area contributed by atoms with Crippen LogP contribution in [0.2, 0.25) is 0 Å². The van der Waals surface area contributed by atoms with E-state index in [9.17, 15) is 4.79 Å². The number of carbonyl (C=O) groups excluding carboxylic acids is 1. The lowest BCUT2D eigenvalue weighted by Gasteiger charge is -2.34. The first-order chi connectivity index (χ1) is 5.81. The Morgan fingerprint density at radius 3 is 2.75 bits per heavy atom. The number of amides is 1. The van der Waals surface area contributed by atoms with E-state index in [1.54, 1.807) is 0 Å². The van der Waals surface area contributed by atoms with Crippen molar-refractivity contribution in [1.82, 2.24) is 4.90 Å². The van der Waals surface area contributed by atoms with Crippen LogP contribution in [0.3, 0.4) is 0 Å². The van der Waals surface area contributed by atoms with Crippen LogP contribution in [0, 0.1) is 5.92 Å². The third-order valence-electron chi connectivity index (χ3n) is 2.52. The summed E-state index contributed by atoms with van der Waals surface area (Å²) in [7, 11) is 0. The molecule has 0 bridgehead atoms. The Bertz CT molecular complexity index is 193. The minimum atomic E-state index is 0.299. The Kier molecular flexibility index (Phi) is 2.37. The fourth-order valence-corrected chi connectivity index (χ4v) is 2.10. The van der Waals surface area contributed by atoms with Crippen LogP contribution < -0.4 is 0 Å². The molecule has 0 aromatic rings. The van der Waals surface area contributed by atoms with E-state index < -0.39 is 0 Å². The summed E-state index contributed by atoms with van der Waals surface area (Å²) in [5, 5.41) is 0.933. The lowest BCUT2D eigenvalue weighted by molar-refractivity contribution is -0.139. The van der Waals surface area contributed by atoms with Gasteiger partial charge in [-0.15, -0.1) is 0 Å². The summed E-state index contributed by atoms with van der Waals surface area (Å²) in [5.41, 5.74) is 0. The number of ether oxygens (including phenoxy) is 1. The zero-order valence-corrected chi connectivity index (χ0v) is 8.42. The Labute approximate surface area is 80.2 Å². The highest BCUT2D eigenvalue weighted by Gasteiger charge is 2.36. The molecular formula is C8H12BrNO2. The number of nitrogens with zero attached hydrogens (tertiary/aromatic N) is 1. The Balaban J connectivity index is 1.93. The fourth-order valence-electron chi connectivity index (χ4n) is 1.67. The smallest absolute Gasteiger partial charge is 0.223 e. The van der Waals surface area contributed by atoms with Crippen LogP contribution in [-0.2, 0) is 9.53 Å². The number of likely N-dealkylation sites (tertiary alicyclic amines) is 1. The van der Waals surface area contributed by atoms with Gasteiger partial charge in [0.15, 0.2) is 0 Å². The molecule has 0 radical (unpaired) electrons. The number of carbonyl (C=O) groups is 1. The maximum atomic E-state index is 11.4. The highest BCUT2D eigenvalue weighted by atomic mass is 79.9. The first-order valence-electron chi connectivity index (χ1n) is 4.24. The van der Waals surface area contributed by atoms with Gasteiger partial charge in [0.05, 0.1) is 19.3 Å². The van der Waals surface area contributed by atoms with E-state index in [0.717, 1.165) is 25.1 Å². The van der Waals surface area contributed by atoms with Gasteiger partial charge in [0, 0.05) is 18.3 Å². The van der Waals surface area contributed by atoms with Crippen molar-refractivity contribution in [3.05, 3.63) is 0 Å². The van der Waals surface area contributed by atoms with Crippen molar-refractivity contribution in [3.63, 3.8) is 0 Å². The molecule has 0 saturated carbocycles. The van der Waals surface area contributed by atoms with E-state index >= 15 is 0 Å². The van der Waals surface area contributed by atoms with E-state index in [4.69, 9.17) is 4.74 Å². The molecule has 1 atom stereocenters. The average molecular weight is 234 g/mol. The summed E-state index contributed by atoms with van der Waals surface area (Å²) >= 11 is 3.41. The van der Waals surface area contributed by atoms with Crippen LogP contribution in [0.4, 0.5) is 0 Å². The van der Waals surface area contributed by atoms with Gasteiger partial charge in [0.25, 0.3) is 0 Å². The van der Waals surface area contributed by atoms with E-state index in [1.807, 2.05) is 4.90 Å². The molecule has 3 nitrogen and oxygen atoms in total. The minimum absolute atomic E-state index is 0.299. The molecule has 0 aromatic carbocycles. The third kappa shape index (κ3) is 1.38. The van der Waals surface area contributed by atoms with Gasteiger partial charge < -0.3 is 9.64 Å². The van der Waals surface area contributed by atoms with Crippen LogP contribution in [0.5, 0.6) is 0 Å². The number of alkyl halides is 1. The van der Waals surface area contributed by atoms with Crippen molar-refractivity contribution >= 4 is 21.8 Å². The van der Waals surface area contributed by atoms with Gasteiger partial charge in [0.1, 0.15) is 0 Å². The van der Waals surface area contributed by atoms with Crippen LogP contribution in [-0.4, -0.2) is 41.9 Å². The number of halogens is 1. The van der Waals surface area contributed by atoms with Gasteiger partial charge in [0.2, 0.25) is 5.91 Å². The van der Waals surface area contributed by atoms with Crippen molar-refractivity contribution in [2.75, 3.05) is 25.1 Å². The molecule has 2 saturated heterocycles. The zero-order valence-electron chi connectivity index (χ0n) is 6.83. The SMILES string of the molecule is O=C1CC(CBr)CN1C1COC1. The molecule has 0 aromatic heterocycles. The van der Waals surface area contributed by atoms with Gasteiger partial charge in [-0.05, 0) is 5.92 Å². The van der Waals surface area contributed by atoms with Gasteiger partial charge >= 0.3 is 0 Å². The van der Waals surface area contributed by atoms with E-state index in [2.05, 4.69) is 15.9 Å². The minimum Gasteiger partial charge on any atom is -0.377 e. The van der Waals surface area contributed by atoms with Crippen LogP contribution >= 0.6 is 15.9 Å². The maximum absolute atomic E-state index is 11.4. The second-order valence-corrected chi connectivity index (χ2v) is 4.11. The summed E-state index contributed by atoms with van der Waals surface area (Å²) in [6, 6.07) is 0.376. The normalized spacial score (nSPS) is 30.9. The van der Waals surface area contributed by atoms with Crippen LogP contribution in [0.15, 0.2) is 0 Å². The number of hydrogen-bond acceptors (Lipinski definition) is 2. The van der Waals surface area contributed by atoms with Crippen molar-refractivity contribution in [2.24, 2.45) is 5.92 Å². The molecule has 2 rings (SSSR count). The molecule has 1 unspecified atom stereocenters. The maximum Gasteiger partial charge on any atom is 0.223 e. The topological polar surface area (TPSA) is 29.5 Å². The Morgan fingerprint density at radius 1 is 1.58 bits per heavy atom. The summed E-state index contributed by atoms with van der Waals surface area (Å²) in [6.45, 7) is 2.39. The van der Waals surface area contributed by atoms with E-state index in [-0.39, 0.29) is 0 Å². The van der Waals surface area contributed by atoms with Gasteiger partial charge in [-0.1, -0.05) is 15.9 Å². The number of rotatable bonds is 2. The summed E-state index contributed by atoms with van der Waals surface area (Å²) < 4.78 is 5.06. The Morgan fingerprint density at radius 2 is 2.33 bits per heavy atom. The average Bonchev–Trinajstić information content (AvgIpc) is 2.29. The highest BCUT2D eigenvalue weighted by Crippen LogP contribution is 2.24. The second-order valence-electron chi connectivity index (χ2n) is 3.46. The van der Waals surface area contributed by atoms with Crippen molar-refractivity contribution in [3.8, 4) is 0 Å². The van der Waals surface area contributed by atoms with E-state index in [0.29, 0.717) is 24.3 Å². The van der Waals surface area contributed by atoms with Gasteiger partial charge in [-0.2, -0.15) is 0 Å². The van der Waals surface area contributed by atoms with Gasteiger partial charge in [-0.25, -0.2) is 0 Å². The molecule has 4 heteroatoms. The van der Waals surface area contributed by atoms with Gasteiger partial charge in [-0.3, -0.25) is 4.79 Å². The summed E-state index contributed by atoms with van der Waals surface area (Å²) in [5.74, 6) is 0.811. The fraction of sp³-hybridized carbons (Fsp3) is 0.875. The first-order valence-corrected chi connectivity index (χ1v) is 5.36. The molecular weight excluding hydrogens is 222 g/mol. The molecule has 0 spiro atoms. The molecule has 68 valence electrons. The highest BCUT2D eigenvalue weighted by molar-refractivity contribution is 9.09. The molecule has 12 heavy (non-hydrogen) atoms. The third-order valence-corrected chi connectivity index (χ3v) is 3.43. The predicted octanol–water partition coefficient (Wildman–Crippen LogP) is 0.629. The van der Waals surface area contributed by atoms with Crippen LogP contribution in [0.25, 0.3) is 0 Å². The molecule has 2 fully saturated rings.